The van der Waals surface area contributed by atoms with E-state index in [0.717, 1.165) is 12.1 Å². The van der Waals surface area contributed by atoms with Crippen LogP contribution in [-0.2, 0) is 25.5 Å². The van der Waals surface area contributed by atoms with Crippen LogP contribution in [0.1, 0.15) is 25.8 Å². The number of ether oxygens (including phenoxy) is 3. The minimum absolute atomic E-state index is 0.0604. The Morgan fingerprint density at radius 2 is 1.90 bits per heavy atom. The highest BCUT2D eigenvalue weighted by molar-refractivity contribution is 6.00. The molecule has 0 aliphatic carbocycles. The molecule has 1 fully saturated rings. The molecule has 2 aromatic carbocycles. The van der Waals surface area contributed by atoms with Gasteiger partial charge in [0.05, 0.1) is 5.92 Å². The van der Waals surface area contributed by atoms with E-state index in [4.69, 9.17) is 14.2 Å². The number of amides is 2. The second-order valence-electron chi connectivity index (χ2n) is 7.56. The molecule has 162 valence electrons. The lowest BCUT2D eigenvalue weighted by Crippen LogP contribution is -2.33. The molecule has 1 N–H and O–H groups in total. The molecule has 0 spiro atoms. The van der Waals surface area contributed by atoms with E-state index in [9.17, 15) is 14.4 Å². The summed E-state index contributed by atoms with van der Waals surface area (Å²) in [5.41, 5.74) is 2.44. The molecule has 8 heteroatoms. The van der Waals surface area contributed by atoms with Crippen LogP contribution in [0, 0.1) is 5.92 Å². The number of hydrogen-bond acceptors (Lipinski definition) is 6. The number of anilines is 2. The molecule has 2 amide bonds. The molecule has 2 aliphatic rings. The Balaban J connectivity index is 1.33. The van der Waals surface area contributed by atoms with Crippen LogP contribution in [-0.4, -0.2) is 37.2 Å². The van der Waals surface area contributed by atoms with Crippen molar-refractivity contribution in [3.63, 3.8) is 0 Å². The Morgan fingerprint density at radius 1 is 1.16 bits per heavy atom. The SMILES string of the molecule is CCc1ccc(N2CC(C(=O)OC(C)C(=O)Nc3ccc4c(c3)OCO4)CC2=O)cc1. The number of fused-ring (bicyclic) bond motifs is 1. The average molecular weight is 424 g/mol. The molecule has 2 heterocycles. The zero-order valence-corrected chi connectivity index (χ0v) is 17.4. The van der Waals surface area contributed by atoms with E-state index in [-0.39, 0.29) is 25.7 Å². The minimum atomic E-state index is -1.01. The lowest BCUT2D eigenvalue weighted by Gasteiger charge is -2.18. The molecule has 2 unspecified atom stereocenters. The van der Waals surface area contributed by atoms with E-state index in [0.29, 0.717) is 17.2 Å². The molecule has 8 nitrogen and oxygen atoms in total. The first-order valence-electron chi connectivity index (χ1n) is 10.2. The number of nitrogens with zero attached hydrogens (tertiary/aromatic N) is 1. The Kier molecular flexibility index (Phi) is 5.79. The van der Waals surface area contributed by atoms with E-state index < -0.39 is 23.9 Å². The predicted octanol–water partition coefficient (Wildman–Crippen LogP) is 2.90. The quantitative estimate of drug-likeness (QED) is 0.717. The number of rotatable bonds is 6. The summed E-state index contributed by atoms with van der Waals surface area (Å²) in [6.45, 7) is 3.93. The van der Waals surface area contributed by atoms with Crippen LogP contribution < -0.4 is 19.7 Å². The number of esters is 1. The van der Waals surface area contributed by atoms with Gasteiger partial charge in [-0.1, -0.05) is 19.1 Å². The molecule has 0 radical (unpaired) electrons. The molecule has 1 saturated heterocycles. The van der Waals surface area contributed by atoms with Gasteiger partial charge in [0.2, 0.25) is 12.7 Å². The molecule has 31 heavy (non-hydrogen) atoms. The maximum Gasteiger partial charge on any atom is 0.312 e. The van der Waals surface area contributed by atoms with Crippen molar-refractivity contribution in [2.24, 2.45) is 5.92 Å². The normalized spacial score (nSPS) is 18.1. The monoisotopic (exact) mass is 424 g/mol. The number of hydrogen-bond donors (Lipinski definition) is 1. The first-order valence-corrected chi connectivity index (χ1v) is 10.2. The van der Waals surface area contributed by atoms with E-state index >= 15 is 0 Å². The predicted molar refractivity (Wildman–Crippen MR) is 113 cm³/mol. The van der Waals surface area contributed by atoms with Crippen molar-refractivity contribution in [3.8, 4) is 11.5 Å². The van der Waals surface area contributed by atoms with Crippen LogP contribution in [0.25, 0.3) is 0 Å². The average Bonchev–Trinajstić information content (AvgIpc) is 3.39. The van der Waals surface area contributed by atoms with Crippen LogP contribution in [0.3, 0.4) is 0 Å². The Morgan fingerprint density at radius 3 is 2.65 bits per heavy atom. The standard InChI is InChI=1S/C23H24N2O6/c1-3-15-4-7-18(8-5-15)25-12-16(10-21(25)26)23(28)31-14(2)22(27)24-17-6-9-19-20(11-17)30-13-29-19/h4-9,11,14,16H,3,10,12-13H2,1-2H3,(H,24,27). The fraction of sp³-hybridized carbons (Fsp3) is 0.348. The molecule has 2 aliphatic heterocycles. The van der Waals surface area contributed by atoms with Crippen LogP contribution in [0.5, 0.6) is 11.5 Å². The molecule has 0 bridgehead atoms. The van der Waals surface area contributed by atoms with Crippen LogP contribution in [0.4, 0.5) is 11.4 Å². The highest BCUT2D eigenvalue weighted by Crippen LogP contribution is 2.34. The summed E-state index contributed by atoms with van der Waals surface area (Å²) >= 11 is 0. The van der Waals surface area contributed by atoms with Gasteiger partial charge < -0.3 is 24.4 Å². The van der Waals surface area contributed by atoms with E-state index in [1.54, 1.807) is 23.1 Å². The van der Waals surface area contributed by atoms with Crippen molar-refractivity contribution in [1.29, 1.82) is 0 Å². The molecule has 2 aromatic rings. The van der Waals surface area contributed by atoms with Gasteiger partial charge in [0.25, 0.3) is 5.91 Å². The zero-order valence-electron chi connectivity index (χ0n) is 17.4. The second kappa shape index (κ2) is 8.67. The molecule has 0 aromatic heterocycles. The van der Waals surface area contributed by atoms with Crippen LogP contribution >= 0.6 is 0 Å². The number of nitrogens with one attached hydrogen (secondary N) is 1. The largest absolute Gasteiger partial charge is 0.454 e. The van der Waals surface area contributed by atoms with Crippen molar-refractivity contribution in [2.75, 3.05) is 23.6 Å². The van der Waals surface area contributed by atoms with Gasteiger partial charge in [0, 0.05) is 30.4 Å². The topological polar surface area (TPSA) is 94.2 Å². The highest BCUT2D eigenvalue weighted by atomic mass is 16.7. The Hall–Kier alpha value is -3.55. The van der Waals surface area contributed by atoms with E-state index in [2.05, 4.69) is 12.2 Å². The molecule has 0 saturated carbocycles. The smallest absolute Gasteiger partial charge is 0.312 e. The summed E-state index contributed by atoms with van der Waals surface area (Å²) in [4.78, 5) is 39.0. The summed E-state index contributed by atoms with van der Waals surface area (Å²) < 4.78 is 15.9. The third-order valence-corrected chi connectivity index (χ3v) is 5.42. The highest BCUT2D eigenvalue weighted by Gasteiger charge is 2.37. The third kappa shape index (κ3) is 4.47. The van der Waals surface area contributed by atoms with Crippen molar-refractivity contribution < 1.29 is 28.6 Å². The molecule has 2 atom stereocenters. The third-order valence-electron chi connectivity index (χ3n) is 5.42. The molecular weight excluding hydrogens is 400 g/mol. The fourth-order valence-electron chi connectivity index (χ4n) is 3.57. The number of benzene rings is 2. The minimum Gasteiger partial charge on any atom is -0.454 e. The van der Waals surface area contributed by atoms with Crippen molar-refractivity contribution >= 4 is 29.2 Å². The maximum absolute atomic E-state index is 12.6. The van der Waals surface area contributed by atoms with Crippen LogP contribution in [0.2, 0.25) is 0 Å². The summed E-state index contributed by atoms with van der Waals surface area (Å²) in [6, 6.07) is 12.7. The van der Waals surface area contributed by atoms with Gasteiger partial charge in [0.15, 0.2) is 17.6 Å². The first-order chi connectivity index (χ1) is 14.9. The Bertz CT molecular complexity index is 1000. The van der Waals surface area contributed by atoms with Crippen molar-refractivity contribution in [3.05, 3.63) is 48.0 Å². The number of carbonyl (C=O) groups excluding carboxylic acids is 3. The fourth-order valence-corrected chi connectivity index (χ4v) is 3.57. The van der Waals surface area contributed by atoms with E-state index in [1.165, 1.54) is 12.5 Å². The van der Waals surface area contributed by atoms with Crippen molar-refractivity contribution in [1.82, 2.24) is 0 Å². The Labute approximate surface area is 180 Å². The lowest BCUT2D eigenvalue weighted by atomic mass is 10.1. The zero-order chi connectivity index (χ0) is 22.0. The summed E-state index contributed by atoms with van der Waals surface area (Å²) in [5.74, 6) is -0.628. The number of aryl methyl sites for hydroxylation is 1. The van der Waals surface area contributed by atoms with Crippen LogP contribution in [0.15, 0.2) is 42.5 Å². The van der Waals surface area contributed by atoms with Gasteiger partial charge in [-0.15, -0.1) is 0 Å². The number of carbonyl (C=O) groups is 3. The van der Waals surface area contributed by atoms with Gasteiger partial charge in [-0.05, 0) is 43.2 Å². The van der Waals surface area contributed by atoms with E-state index in [1.807, 2.05) is 24.3 Å². The lowest BCUT2D eigenvalue weighted by molar-refractivity contribution is -0.157. The summed E-state index contributed by atoms with van der Waals surface area (Å²) in [6.07, 6.45) is -0.0359. The first kappa shape index (κ1) is 20.7. The summed E-state index contributed by atoms with van der Waals surface area (Å²) in [5, 5.41) is 2.69. The van der Waals surface area contributed by atoms with Crippen molar-refractivity contribution in [2.45, 2.75) is 32.8 Å². The molecular formula is C23H24N2O6. The van der Waals surface area contributed by atoms with Gasteiger partial charge in [-0.3, -0.25) is 14.4 Å². The van der Waals surface area contributed by atoms with Gasteiger partial charge >= 0.3 is 5.97 Å². The second-order valence-corrected chi connectivity index (χ2v) is 7.56. The van der Waals surface area contributed by atoms with Gasteiger partial charge in [0.1, 0.15) is 0 Å². The molecule has 4 rings (SSSR count). The maximum atomic E-state index is 12.6. The van der Waals surface area contributed by atoms with Gasteiger partial charge in [-0.25, -0.2) is 0 Å². The van der Waals surface area contributed by atoms with Gasteiger partial charge in [-0.2, -0.15) is 0 Å². The summed E-state index contributed by atoms with van der Waals surface area (Å²) in [7, 11) is 0.